The molecule has 0 aromatic heterocycles. The van der Waals surface area contributed by atoms with Crippen molar-refractivity contribution in [2.45, 2.75) is 26.7 Å². The monoisotopic (exact) mass is 243 g/mol. The standard InChI is InChI=1S/C12H21NO4/c1-3-13(8-11(14)17-4-2)12(15)10-6-5-7-16-9-10/h10H,3-9H2,1-2H3. The molecule has 0 saturated carbocycles. The van der Waals surface area contributed by atoms with Crippen LogP contribution in [0.25, 0.3) is 0 Å². The van der Waals surface area contributed by atoms with Crippen molar-refractivity contribution < 1.29 is 19.1 Å². The van der Waals surface area contributed by atoms with Crippen molar-refractivity contribution in [3.05, 3.63) is 0 Å². The molecular formula is C12H21NO4. The number of ether oxygens (including phenoxy) is 2. The SMILES string of the molecule is CCOC(=O)CN(CC)C(=O)C1CCCOC1. The zero-order valence-electron chi connectivity index (χ0n) is 10.6. The van der Waals surface area contributed by atoms with Gasteiger partial charge in [0.05, 0.1) is 19.1 Å². The molecule has 5 heteroatoms. The van der Waals surface area contributed by atoms with Gasteiger partial charge in [-0.25, -0.2) is 0 Å². The summed E-state index contributed by atoms with van der Waals surface area (Å²) in [5.74, 6) is -0.446. The minimum atomic E-state index is -0.348. The summed E-state index contributed by atoms with van der Waals surface area (Å²) in [7, 11) is 0. The number of hydrogen-bond acceptors (Lipinski definition) is 4. The van der Waals surface area contributed by atoms with Crippen LogP contribution in [0.5, 0.6) is 0 Å². The Balaban J connectivity index is 2.47. The number of hydrogen-bond donors (Lipinski definition) is 0. The third kappa shape index (κ3) is 4.34. The van der Waals surface area contributed by atoms with Gasteiger partial charge in [0, 0.05) is 13.2 Å². The largest absolute Gasteiger partial charge is 0.465 e. The molecule has 98 valence electrons. The topological polar surface area (TPSA) is 55.8 Å². The van der Waals surface area contributed by atoms with Crippen molar-refractivity contribution in [1.29, 1.82) is 0 Å². The van der Waals surface area contributed by atoms with Crippen LogP contribution in [-0.2, 0) is 19.1 Å². The van der Waals surface area contributed by atoms with E-state index in [2.05, 4.69) is 0 Å². The Kier molecular flexibility index (Phi) is 5.97. The van der Waals surface area contributed by atoms with Crippen LogP contribution in [0.4, 0.5) is 0 Å². The Morgan fingerprint density at radius 2 is 2.18 bits per heavy atom. The van der Waals surface area contributed by atoms with Gasteiger partial charge < -0.3 is 14.4 Å². The van der Waals surface area contributed by atoms with Crippen LogP contribution in [0.2, 0.25) is 0 Å². The van der Waals surface area contributed by atoms with Crippen molar-refractivity contribution in [3.63, 3.8) is 0 Å². The third-order valence-corrected chi connectivity index (χ3v) is 2.83. The first-order valence-corrected chi connectivity index (χ1v) is 6.21. The zero-order chi connectivity index (χ0) is 12.7. The van der Waals surface area contributed by atoms with Gasteiger partial charge in [0.25, 0.3) is 0 Å². The summed E-state index contributed by atoms with van der Waals surface area (Å²) in [6.45, 7) is 5.72. The van der Waals surface area contributed by atoms with Crippen LogP contribution in [0.15, 0.2) is 0 Å². The van der Waals surface area contributed by atoms with E-state index in [4.69, 9.17) is 9.47 Å². The third-order valence-electron chi connectivity index (χ3n) is 2.83. The Morgan fingerprint density at radius 3 is 2.71 bits per heavy atom. The summed E-state index contributed by atoms with van der Waals surface area (Å²) in [5, 5.41) is 0. The van der Waals surface area contributed by atoms with Gasteiger partial charge in [-0.05, 0) is 26.7 Å². The highest BCUT2D eigenvalue weighted by atomic mass is 16.5. The summed E-state index contributed by atoms with van der Waals surface area (Å²) < 4.78 is 10.1. The summed E-state index contributed by atoms with van der Waals surface area (Å²) in [6.07, 6.45) is 1.76. The Bertz CT molecular complexity index is 261. The molecule has 0 aliphatic carbocycles. The fourth-order valence-corrected chi connectivity index (χ4v) is 1.90. The van der Waals surface area contributed by atoms with Gasteiger partial charge in [0.1, 0.15) is 6.54 Å². The van der Waals surface area contributed by atoms with Crippen LogP contribution in [-0.4, -0.2) is 49.7 Å². The zero-order valence-corrected chi connectivity index (χ0v) is 10.6. The second-order valence-corrected chi connectivity index (χ2v) is 4.07. The first kappa shape index (κ1) is 14.0. The normalized spacial score (nSPS) is 19.8. The van der Waals surface area contributed by atoms with Crippen molar-refractivity contribution in [2.75, 3.05) is 32.9 Å². The number of carbonyl (C=O) groups excluding carboxylic acids is 2. The number of rotatable bonds is 5. The van der Waals surface area contributed by atoms with Crippen molar-refractivity contribution in [3.8, 4) is 0 Å². The minimum Gasteiger partial charge on any atom is -0.465 e. The number of likely N-dealkylation sites (N-methyl/N-ethyl adjacent to an activating group) is 1. The van der Waals surface area contributed by atoms with E-state index in [1.807, 2.05) is 6.92 Å². The lowest BCUT2D eigenvalue weighted by Crippen LogP contribution is -2.42. The fourth-order valence-electron chi connectivity index (χ4n) is 1.90. The summed E-state index contributed by atoms with van der Waals surface area (Å²) in [6, 6.07) is 0. The number of nitrogens with zero attached hydrogens (tertiary/aromatic N) is 1. The fraction of sp³-hybridized carbons (Fsp3) is 0.833. The molecule has 1 unspecified atom stereocenters. The smallest absolute Gasteiger partial charge is 0.325 e. The molecule has 1 heterocycles. The Hall–Kier alpha value is -1.10. The number of carbonyl (C=O) groups is 2. The highest BCUT2D eigenvalue weighted by Crippen LogP contribution is 2.16. The van der Waals surface area contributed by atoms with Gasteiger partial charge >= 0.3 is 5.97 Å². The Labute approximate surface area is 102 Å². The maximum Gasteiger partial charge on any atom is 0.325 e. The van der Waals surface area contributed by atoms with Gasteiger partial charge in [0.15, 0.2) is 0 Å². The lowest BCUT2D eigenvalue weighted by molar-refractivity contribution is -0.151. The summed E-state index contributed by atoms with van der Waals surface area (Å²) >= 11 is 0. The molecule has 5 nitrogen and oxygen atoms in total. The Morgan fingerprint density at radius 1 is 1.41 bits per heavy atom. The molecule has 0 aromatic carbocycles. The first-order valence-electron chi connectivity index (χ1n) is 6.21. The maximum atomic E-state index is 12.1. The summed E-state index contributed by atoms with van der Waals surface area (Å²) in [5.41, 5.74) is 0. The van der Waals surface area contributed by atoms with Gasteiger partial charge in [-0.1, -0.05) is 0 Å². The molecule has 0 radical (unpaired) electrons. The van der Waals surface area contributed by atoms with E-state index in [9.17, 15) is 9.59 Å². The molecule has 1 aliphatic rings. The lowest BCUT2D eigenvalue weighted by Gasteiger charge is -2.27. The molecule has 1 amide bonds. The van der Waals surface area contributed by atoms with Crippen LogP contribution >= 0.6 is 0 Å². The highest BCUT2D eigenvalue weighted by Gasteiger charge is 2.27. The predicted octanol–water partition coefficient (Wildman–Crippen LogP) is 0.825. The molecular weight excluding hydrogens is 222 g/mol. The highest BCUT2D eigenvalue weighted by molar-refractivity contribution is 5.83. The average molecular weight is 243 g/mol. The van der Waals surface area contributed by atoms with E-state index in [1.54, 1.807) is 6.92 Å². The van der Waals surface area contributed by atoms with Gasteiger partial charge in [-0.15, -0.1) is 0 Å². The lowest BCUT2D eigenvalue weighted by atomic mass is 10.0. The number of esters is 1. The van der Waals surface area contributed by atoms with E-state index < -0.39 is 0 Å². The molecule has 1 aliphatic heterocycles. The van der Waals surface area contributed by atoms with E-state index in [-0.39, 0.29) is 24.3 Å². The minimum absolute atomic E-state index is 0.000234. The second kappa shape index (κ2) is 7.27. The van der Waals surface area contributed by atoms with E-state index >= 15 is 0 Å². The second-order valence-electron chi connectivity index (χ2n) is 4.07. The average Bonchev–Trinajstić information content (AvgIpc) is 2.36. The van der Waals surface area contributed by atoms with Crippen LogP contribution in [0, 0.1) is 5.92 Å². The van der Waals surface area contributed by atoms with Gasteiger partial charge in [0.2, 0.25) is 5.91 Å². The van der Waals surface area contributed by atoms with Crippen LogP contribution in [0.3, 0.4) is 0 Å². The van der Waals surface area contributed by atoms with Crippen LogP contribution in [0.1, 0.15) is 26.7 Å². The van der Waals surface area contributed by atoms with E-state index in [0.29, 0.717) is 19.8 Å². The molecule has 0 spiro atoms. The molecule has 1 rings (SSSR count). The number of amides is 1. The summed E-state index contributed by atoms with van der Waals surface area (Å²) in [4.78, 5) is 25.0. The molecule has 0 bridgehead atoms. The molecule has 1 saturated heterocycles. The van der Waals surface area contributed by atoms with Gasteiger partial charge in [-0.2, -0.15) is 0 Å². The van der Waals surface area contributed by atoms with E-state index in [0.717, 1.165) is 19.4 Å². The van der Waals surface area contributed by atoms with Crippen molar-refractivity contribution >= 4 is 11.9 Å². The molecule has 0 N–H and O–H groups in total. The molecule has 1 atom stereocenters. The van der Waals surface area contributed by atoms with Crippen molar-refractivity contribution in [1.82, 2.24) is 4.90 Å². The van der Waals surface area contributed by atoms with E-state index in [1.165, 1.54) is 4.90 Å². The molecule has 17 heavy (non-hydrogen) atoms. The molecule has 0 aromatic rings. The molecule has 1 fully saturated rings. The predicted molar refractivity (Wildman–Crippen MR) is 62.4 cm³/mol. The quantitative estimate of drug-likeness (QED) is 0.671. The van der Waals surface area contributed by atoms with Crippen LogP contribution < -0.4 is 0 Å². The first-order chi connectivity index (χ1) is 8.19. The van der Waals surface area contributed by atoms with Crippen molar-refractivity contribution in [2.24, 2.45) is 5.92 Å². The van der Waals surface area contributed by atoms with Gasteiger partial charge in [-0.3, -0.25) is 9.59 Å². The maximum absolute atomic E-state index is 12.1.